The molecule has 0 spiro atoms. The SMILES string of the molecule is N#C/C(=C/NCCN1C(=O)CSC1=O)C(=O)Nc1ccc(Cl)c([N+](=O)[O-])c1. The molecular weight excluding hydrogens is 398 g/mol. The van der Waals surface area contributed by atoms with Crippen molar-refractivity contribution >= 4 is 51.8 Å². The molecule has 10 nitrogen and oxygen atoms in total. The van der Waals surface area contributed by atoms with Gasteiger partial charge >= 0.3 is 0 Å². The lowest BCUT2D eigenvalue weighted by atomic mass is 10.2. The number of nitrogens with one attached hydrogen (secondary N) is 2. The van der Waals surface area contributed by atoms with Crippen LogP contribution in [0.1, 0.15) is 0 Å². The second kappa shape index (κ2) is 9.02. The molecule has 2 rings (SSSR count). The van der Waals surface area contributed by atoms with Crippen LogP contribution in [-0.4, -0.2) is 45.7 Å². The number of rotatable bonds is 7. The lowest BCUT2D eigenvalue weighted by Crippen LogP contribution is -2.34. The molecule has 0 radical (unpaired) electrons. The van der Waals surface area contributed by atoms with E-state index in [9.17, 15) is 24.5 Å². The Morgan fingerprint density at radius 1 is 1.48 bits per heavy atom. The number of nitro benzene ring substituents is 1. The minimum Gasteiger partial charge on any atom is -0.388 e. The van der Waals surface area contributed by atoms with E-state index in [1.54, 1.807) is 6.07 Å². The van der Waals surface area contributed by atoms with Gasteiger partial charge in [0.25, 0.3) is 16.8 Å². The summed E-state index contributed by atoms with van der Waals surface area (Å²) in [5, 5.41) is 24.6. The number of nitro groups is 1. The largest absolute Gasteiger partial charge is 0.388 e. The van der Waals surface area contributed by atoms with Gasteiger partial charge in [-0.2, -0.15) is 5.26 Å². The first kappa shape index (κ1) is 20.2. The Morgan fingerprint density at radius 3 is 2.81 bits per heavy atom. The molecule has 3 amide bonds. The molecule has 0 bridgehead atoms. The van der Waals surface area contributed by atoms with Crippen molar-refractivity contribution in [3.63, 3.8) is 0 Å². The number of amides is 3. The number of thioether (sulfide) groups is 1. The maximum Gasteiger partial charge on any atom is 0.289 e. The lowest BCUT2D eigenvalue weighted by molar-refractivity contribution is -0.384. The van der Waals surface area contributed by atoms with E-state index in [1.165, 1.54) is 12.1 Å². The van der Waals surface area contributed by atoms with Gasteiger partial charge < -0.3 is 10.6 Å². The molecule has 0 saturated carbocycles. The normalized spacial score (nSPS) is 14.1. The van der Waals surface area contributed by atoms with Gasteiger partial charge in [0.2, 0.25) is 5.91 Å². The Labute approximate surface area is 162 Å². The predicted octanol–water partition coefficient (Wildman–Crippen LogP) is 1.88. The average Bonchev–Trinajstić information content (AvgIpc) is 2.94. The van der Waals surface area contributed by atoms with Crippen molar-refractivity contribution in [1.82, 2.24) is 10.2 Å². The third-order valence-electron chi connectivity index (χ3n) is 3.33. The Kier molecular flexibility index (Phi) is 6.75. The first-order valence-electron chi connectivity index (χ1n) is 7.39. The summed E-state index contributed by atoms with van der Waals surface area (Å²) in [6.07, 6.45) is 1.14. The standard InChI is InChI=1S/C15H12ClN5O5S/c16-11-2-1-10(5-12(11)21(25)26)19-14(23)9(6-17)7-18-3-4-20-13(22)8-27-15(20)24/h1-2,5,7,18H,3-4,8H2,(H,19,23)/b9-7-. The van der Waals surface area contributed by atoms with Crippen LogP contribution in [0.4, 0.5) is 16.2 Å². The van der Waals surface area contributed by atoms with E-state index in [4.69, 9.17) is 16.9 Å². The minimum atomic E-state index is -0.787. The molecule has 140 valence electrons. The fraction of sp³-hybridized carbons (Fsp3) is 0.200. The molecule has 0 unspecified atom stereocenters. The highest BCUT2D eigenvalue weighted by Gasteiger charge is 2.29. The van der Waals surface area contributed by atoms with Crippen LogP contribution in [0.15, 0.2) is 30.0 Å². The Morgan fingerprint density at radius 2 is 2.22 bits per heavy atom. The van der Waals surface area contributed by atoms with Gasteiger partial charge in [-0.3, -0.25) is 29.4 Å². The number of carbonyl (C=O) groups excluding carboxylic acids is 3. The van der Waals surface area contributed by atoms with Crippen LogP contribution >= 0.6 is 23.4 Å². The van der Waals surface area contributed by atoms with Crippen molar-refractivity contribution in [2.24, 2.45) is 0 Å². The Hall–Kier alpha value is -3.10. The number of imide groups is 1. The van der Waals surface area contributed by atoms with Crippen molar-refractivity contribution < 1.29 is 19.3 Å². The van der Waals surface area contributed by atoms with Crippen molar-refractivity contribution in [1.29, 1.82) is 5.26 Å². The molecule has 0 aromatic heterocycles. The molecule has 0 aliphatic carbocycles. The first-order valence-corrected chi connectivity index (χ1v) is 8.76. The minimum absolute atomic E-state index is 0.0834. The number of benzene rings is 1. The lowest BCUT2D eigenvalue weighted by Gasteiger charge is -2.12. The van der Waals surface area contributed by atoms with E-state index < -0.39 is 10.8 Å². The number of carbonyl (C=O) groups is 3. The summed E-state index contributed by atoms with van der Waals surface area (Å²) >= 11 is 6.61. The summed E-state index contributed by atoms with van der Waals surface area (Å²) in [6, 6.07) is 5.38. The van der Waals surface area contributed by atoms with Crippen molar-refractivity contribution in [2.75, 3.05) is 24.2 Å². The fourth-order valence-corrected chi connectivity index (χ4v) is 2.96. The monoisotopic (exact) mass is 409 g/mol. The highest BCUT2D eigenvalue weighted by molar-refractivity contribution is 8.14. The van der Waals surface area contributed by atoms with E-state index >= 15 is 0 Å². The quantitative estimate of drug-likeness (QED) is 0.228. The number of hydrogen-bond acceptors (Lipinski definition) is 8. The molecule has 0 atom stereocenters. The zero-order valence-electron chi connectivity index (χ0n) is 13.6. The topological polar surface area (TPSA) is 145 Å². The van der Waals surface area contributed by atoms with E-state index in [0.717, 1.165) is 28.9 Å². The Balaban J connectivity index is 1.95. The summed E-state index contributed by atoms with van der Waals surface area (Å²) in [6.45, 7) is 0.258. The maximum absolute atomic E-state index is 12.1. The molecule has 27 heavy (non-hydrogen) atoms. The van der Waals surface area contributed by atoms with Crippen LogP contribution in [0.2, 0.25) is 5.02 Å². The van der Waals surface area contributed by atoms with Gasteiger partial charge in [-0.25, -0.2) is 0 Å². The molecule has 2 N–H and O–H groups in total. The van der Waals surface area contributed by atoms with Crippen molar-refractivity contribution in [2.45, 2.75) is 0 Å². The highest BCUT2D eigenvalue weighted by Crippen LogP contribution is 2.27. The predicted molar refractivity (Wildman–Crippen MR) is 98.0 cm³/mol. The van der Waals surface area contributed by atoms with Crippen LogP contribution in [-0.2, 0) is 9.59 Å². The number of hydrogen-bond donors (Lipinski definition) is 2. The van der Waals surface area contributed by atoms with Crippen LogP contribution in [0.3, 0.4) is 0 Å². The number of nitriles is 1. The van der Waals surface area contributed by atoms with Gasteiger partial charge in [0.05, 0.1) is 10.7 Å². The van der Waals surface area contributed by atoms with E-state index in [0.29, 0.717) is 0 Å². The summed E-state index contributed by atoms with van der Waals surface area (Å²) in [5.74, 6) is -0.975. The second-order valence-electron chi connectivity index (χ2n) is 5.10. The zero-order valence-corrected chi connectivity index (χ0v) is 15.2. The molecule has 1 saturated heterocycles. The third kappa shape index (κ3) is 5.19. The fourth-order valence-electron chi connectivity index (χ4n) is 2.03. The summed E-state index contributed by atoms with van der Waals surface area (Å²) in [7, 11) is 0. The number of anilines is 1. The first-order chi connectivity index (χ1) is 12.8. The average molecular weight is 410 g/mol. The highest BCUT2D eigenvalue weighted by atomic mass is 35.5. The van der Waals surface area contributed by atoms with Crippen LogP contribution in [0.25, 0.3) is 0 Å². The third-order valence-corrected chi connectivity index (χ3v) is 4.51. The maximum atomic E-state index is 12.1. The van der Waals surface area contributed by atoms with Gasteiger partial charge in [-0.1, -0.05) is 23.4 Å². The number of halogens is 1. The van der Waals surface area contributed by atoms with Crippen molar-refractivity contribution in [3.8, 4) is 6.07 Å². The van der Waals surface area contributed by atoms with Crippen LogP contribution in [0.5, 0.6) is 0 Å². The summed E-state index contributed by atoms with van der Waals surface area (Å²) in [5.41, 5.74) is -0.573. The molecule has 1 aromatic rings. The Bertz CT molecular complexity index is 866. The second-order valence-corrected chi connectivity index (χ2v) is 6.44. The summed E-state index contributed by atoms with van der Waals surface area (Å²) < 4.78 is 0. The molecule has 1 aromatic carbocycles. The van der Waals surface area contributed by atoms with Gasteiger partial charge in [0.1, 0.15) is 16.7 Å². The molecule has 1 fully saturated rings. The van der Waals surface area contributed by atoms with Gasteiger partial charge in [0, 0.05) is 31.0 Å². The van der Waals surface area contributed by atoms with Gasteiger partial charge in [0.15, 0.2) is 0 Å². The smallest absolute Gasteiger partial charge is 0.289 e. The van der Waals surface area contributed by atoms with Crippen LogP contribution in [0, 0.1) is 21.4 Å². The van der Waals surface area contributed by atoms with E-state index in [-0.39, 0.29) is 52.0 Å². The van der Waals surface area contributed by atoms with Gasteiger partial charge in [-0.15, -0.1) is 0 Å². The van der Waals surface area contributed by atoms with Crippen LogP contribution < -0.4 is 10.6 Å². The molecule has 12 heteroatoms. The molecular formula is C15H12ClN5O5S. The molecule has 1 aliphatic heterocycles. The number of nitrogens with zero attached hydrogens (tertiary/aromatic N) is 3. The summed E-state index contributed by atoms with van der Waals surface area (Å²) in [4.78, 5) is 46.2. The molecule has 1 heterocycles. The van der Waals surface area contributed by atoms with Gasteiger partial charge in [-0.05, 0) is 12.1 Å². The van der Waals surface area contributed by atoms with Crippen molar-refractivity contribution in [3.05, 3.63) is 45.1 Å². The molecule has 1 aliphatic rings. The van der Waals surface area contributed by atoms with E-state index in [2.05, 4.69) is 10.6 Å². The van der Waals surface area contributed by atoms with E-state index in [1.807, 2.05) is 0 Å². The zero-order chi connectivity index (χ0) is 20.0.